The van der Waals surface area contributed by atoms with Crippen LogP contribution in [0.2, 0.25) is 0 Å². The molecule has 130 valence electrons. The maximum atomic E-state index is 12.5. The van der Waals surface area contributed by atoms with Gasteiger partial charge in [0.05, 0.1) is 12.2 Å². The van der Waals surface area contributed by atoms with Crippen LogP contribution in [0, 0.1) is 17.8 Å². The molecule has 5 heteroatoms. The third kappa shape index (κ3) is 3.44. The van der Waals surface area contributed by atoms with Gasteiger partial charge >= 0.3 is 5.97 Å². The normalized spacial score (nSPS) is 34.0. The van der Waals surface area contributed by atoms with Crippen molar-refractivity contribution in [2.24, 2.45) is 17.8 Å². The molecule has 4 atom stereocenters. The molecule has 0 unspecified atom stereocenters. The molecule has 2 aliphatic heterocycles. The Labute approximate surface area is 138 Å². The maximum Gasteiger partial charge on any atom is 0.346 e. The molecule has 0 amide bonds. The number of hydrogen-bond acceptors (Lipinski definition) is 5. The number of carbonyl (C=O) groups is 2. The molecule has 2 rings (SSSR count). The van der Waals surface area contributed by atoms with Crippen molar-refractivity contribution in [2.45, 2.75) is 72.2 Å². The maximum absolute atomic E-state index is 12.5. The van der Waals surface area contributed by atoms with Gasteiger partial charge in [0.2, 0.25) is 0 Å². The lowest BCUT2D eigenvalue weighted by Gasteiger charge is -2.41. The third-order valence-corrected chi connectivity index (χ3v) is 4.95. The van der Waals surface area contributed by atoms with E-state index in [0.717, 1.165) is 6.42 Å². The van der Waals surface area contributed by atoms with Crippen molar-refractivity contribution in [3.63, 3.8) is 0 Å². The van der Waals surface area contributed by atoms with E-state index in [4.69, 9.17) is 9.47 Å². The van der Waals surface area contributed by atoms with E-state index in [2.05, 4.69) is 27.7 Å². The van der Waals surface area contributed by atoms with Crippen molar-refractivity contribution < 1.29 is 24.2 Å². The predicted octanol–water partition coefficient (Wildman–Crippen LogP) is 3.18. The first kappa shape index (κ1) is 18.0. The number of hydrogen-bond donors (Lipinski definition) is 1. The van der Waals surface area contributed by atoms with Crippen LogP contribution in [0.25, 0.3) is 0 Å². The Kier molecular flexibility index (Phi) is 4.90. The fourth-order valence-electron chi connectivity index (χ4n) is 3.67. The van der Waals surface area contributed by atoms with E-state index in [1.54, 1.807) is 13.8 Å². The van der Waals surface area contributed by atoms with Gasteiger partial charge in [-0.25, -0.2) is 4.79 Å². The summed E-state index contributed by atoms with van der Waals surface area (Å²) in [5.41, 5.74) is -1.35. The molecular weight excluding hydrogens is 296 g/mol. The number of carbonyl (C=O) groups excluding carboxylic acids is 2. The highest BCUT2D eigenvalue weighted by Gasteiger charge is 2.45. The Morgan fingerprint density at radius 1 is 1.30 bits per heavy atom. The summed E-state index contributed by atoms with van der Waals surface area (Å²) in [6.45, 7) is 11.6. The van der Waals surface area contributed by atoms with Crippen molar-refractivity contribution in [3.8, 4) is 0 Å². The first-order valence-electron chi connectivity index (χ1n) is 8.40. The SMILES string of the molecule is CC(C)[C@@H]1O[C@@H](CC(=O)C2=C(O)C(C)(C)OC2=O)[C@@H](C)C[C@@H]1C. The molecule has 0 aromatic rings. The zero-order valence-corrected chi connectivity index (χ0v) is 14.9. The number of cyclic esters (lactones) is 1. The number of aliphatic hydroxyl groups is 1. The van der Waals surface area contributed by atoms with E-state index in [0.29, 0.717) is 11.8 Å². The van der Waals surface area contributed by atoms with Crippen LogP contribution in [0.5, 0.6) is 0 Å². The molecule has 0 aliphatic carbocycles. The van der Waals surface area contributed by atoms with Crippen molar-refractivity contribution in [1.82, 2.24) is 0 Å². The zero-order chi connectivity index (χ0) is 17.5. The molecule has 5 nitrogen and oxygen atoms in total. The minimum absolute atomic E-state index is 0.0989. The Bertz CT molecular complexity index is 532. The van der Waals surface area contributed by atoms with E-state index in [-0.39, 0.29) is 35.9 Å². The van der Waals surface area contributed by atoms with Crippen LogP contribution in [0.4, 0.5) is 0 Å². The summed E-state index contributed by atoms with van der Waals surface area (Å²) in [7, 11) is 0. The molecule has 1 fully saturated rings. The summed E-state index contributed by atoms with van der Waals surface area (Å²) >= 11 is 0. The van der Waals surface area contributed by atoms with Crippen LogP contribution in [0.1, 0.15) is 54.4 Å². The molecule has 0 spiro atoms. The van der Waals surface area contributed by atoms with Gasteiger partial charge in [0.15, 0.2) is 17.1 Å². The standard InChI is InChI=1S/C18H28O5/c1-9(2)15-11(4)7-10(3)13(22-15)8-12(19)14-16(20)18(5,6)23-17(14)21/h9-11,13,15,20H,7-8H2,1-6H3/t10-,11-,13-,15-/m0/s1. The largest absolute Gasteiger partial charge is 0.507 e. The van der Waals surface area contributed by atoms with E-state index in [1.165, 1.54) is 0 Å². The minimum atomic E-state index is -1.13. The van der Waals surface area contributed by atoms with Crippen LogP contribution >= 0.6 is 0 Å². The second kappa shape index (κ2) is 6.27. The third-order valence-electron chi connectivity index (χ3n) is 4.95. The molecule has 0 radical (unpaired) electrons. The molecule has 0 aromatic carbocycles. The van der Waals surface area contributed by atoms with Crippen LogP contribution in [0.3, 0.4) is 0 Å². The molecule has 0 aromatic heterocycles. The summed E-state index contributed by atoms with van der Waals surface area (Å²) < 4.78 is 11.2. The second-order valence-electron chi connectivity index (χ2n) is 7.82. The van der Waals surface area contributed by atoms with Gasteiger partial charge in [-0.05, 0) is 38.0 Å². The quantitative estimate of drug-likeness (QED) is 0.635. The van der Waals surface area contributed by atoms with Crippen molar-refractivity contribution in [2.75, 3.05) is 0 Å². The summed E-state index contributed by atoms with van der Waals surface area (Å²) in [6, 6.07) is 0. The van der Waals surface area contributed by atoms with Gasteiger partial charge in [-0.1, -0.05) is 27.7 Å². The van der Waals surface area contributed by atoms with Crippen molar-refractivity contribution in [3.05, 3.63) is 11.3 Å². The summed E-state index contributed by atoms with van der Waals surface area (Å²) in [5.74, 6) is -0.360. The van der Waals surface area contributed by atoms with Crippen LogP contribution < -0.4 is 0 Å². The lowest BCUT2D eigenvalue weighted by atomic mass is 9.80. The Morgan fingerprint density at radius 2 is 1.91 bits per heavy atom. The highest BCUT2D eigenvalue weighted by molar-refractivity contribution is 6.19. The smallest absolute Gasteiger partial charge is 0.346 e. The molecule has 2 aliphatic rings. The fourth-order valence-corrected chi connectivity index (χ4v) is 3.67. The monoisotopic (exact) mass is 324 g/mol. The molecular formula is C18H28O5. The van der Waals surface area contributed by atoms with Gasteiger partial charge in [0.25, 0.3) is 0 Å². The number of Topliss-reactive ketones (excluding diaryl/α,β-unsaturated/α-hetero) is 1. The molecule has 1 saturated heterocycles. The topological polar surface area (TPSA) is 72.8 Å². The second-order valence-corrected chi connectivity index (χ2v) is 7.82. The van der Waals surface area contributed by atoms with Gasteiger partial charge in [0, 0.05) is 6.42 Å². The fraction of sp³-hybridized carbons (Fsp3) is 0.778. The molecule has 1 N–H and O–H groups in total. The van der Waals surface area contributed by atoms with E-state index < -0.39 is 17.4 Å². The average Bonchev–Trinajstić information content (AvgIpc) is 2.60. The molecule has 2 heterocycles. The van der Waals surface area contributed by atoms with Gasteiger partial charge < -0.3 is 14.6 Å². The first-order valence-corrected chi connectivity index (χ1v) is 8.40. The van der Waals surface area contributed by atoms with Crippen molar-refractivity contribution >= 4 is 11.8 Å². The Balaban J connectivity index is 2.14. The first-order chi connectivity index (χ1) is 10.5. The summed E-state index contributed by atoms with van der Waals surface area (Å²) in [4.78, 5) is 24.4. The predicted molar refractivity (Wildman–Crippen MR) is 85.9 cm³/mol. The van der Waals surface area contributed by atoms with Crippen LogP contribution in [-0.2, 0) is 19.1 Å². The van der Waals surface area contributed by atoms with Gasteiger partial charge in [-0.2, -0.15) is 0 Å². The highest BCUT2D eigenvalue weighted by Crippen LogP contribution is 2.36. The number of ether oxygens (including phenoxy) is 2. The molecule has 0 saturated carbocycles. The highest BCUT2D eigenvalue weighted by atomic mass is 16.6. The average molecular weight is 324 g/mol. The van der Waals surface area contributed by atoms with Gasteiger partial charge in [-0.15, -0.1) is 0 Å². The van der Waals surface area contributed by atoms with E-state index in [1.807, 2.05) is 0 Å². The lowest BCUT2D eigenvalue weighted by molar-refractivity contribution is -0.147. The van der Waals surface area contributed by atoms with E-state index in [9.17, 15) is 14.7 Å². The number of ketones is 1. The van der Waals surface area contributed by atoms with Crippen LogP contribution in [-0.4, -0.2) is 34.7 Å². The minimum Gasteiger partial charge on any atom is -0.507 e. The van der Waals surface area contributed by atoms with E-state index >= 15 is 0 Å². The molecule has 23 heavy (non-hydrogen) atoms. The Hall–Kier alpha value is -1.36. The van der Waals surface area contributed by atoms with Gasteiger partial charge in [-0.3, -0.25) is 4.79 Å². The Morgan fingerprint density at radius 3 is 2.39 bits per heavy atom. The number of esters is 1. The zero-order valence-electron chi connectivity index (χ0n) is 14.9. The number of rotatable bonds is 4. The number of aliphatic hydroxyl groups excluding tert-OH is 1. The summed E-state index contributed by atoms with van der Waals surface area (Å²) in [5, 5.41) is 10.1. The lowest BCUT2D eigenvalue weighted by Crippen LogP contribution is -2.42. The molecule has 0 bridgehead atoms. The summed E-state index contributed by atoms with van der Waals surface area (Å²) in [6.07, 6.45) is 0.963. The van der Waals surface area contributed by atoms with Crippen LogP contribution in [0.15, 0.2) is 11.3 Å². The van der Waals surface area contributed by atoms with Gasteiger partial charge in [0.1, 0.15) is 5.57 Å². The van der Waals surface area contributed by atoms with Crippen molar-refractivity contribution in [1.29, 1.82) is 0 Å².